The Balaban J connectivity index is 2.33. The topological polar surface area (TPSA) is 58.7 Å². The fourth-order valence-electron chi connectivity index (χ4n) is 1.23. The van der Waals surface area contributed by atoms with Gasteiger partial charge in [-0.2, -0.15) is 0 Å². The Hall–Kier alpha value is -1.26. The van der Waals surface area contributed by atoms with Crippen molar-refractivity contribution in [3.05, 3.63) is 24.3 Å². The smallest absolute Gasteiger partial charge is 0.119 e. The highest BCUT2D eigenvalue weighted by Crippen LogP contribution is 2.13. The Morgan fingerprint density at radius 3 is 2.47 bits per heavy atom. The maximum absolute atomic E-state index is 9.54. The minimum absolute atomic E-state index is 0.294. The summed E-state index contributed by atoms with van der Waals surface area (Å²) in [5, 5.41) is 9.54. The number of likely N-dealkylation sites (N-methyl/N-ethyl adjacent to an activating group) is 1. The summed E-state index contributed by atoms with van der Waals surface area (Å²) in [6.07, 6.45) is -0.474. The first kappa shape index (κ1) is 11.8. The molecule has 0 saturated carbocycles. The zero-order valence-electron chi connectivity index (χ0n) is 9.18. The normalized spacial score (nSPS) is 12.8. The van der Waals surface area contributed by atoms with Gasteiger partial charge < -0.3 is 20.5 Å². The highest BCUT2D eigenvalue weighted by atomic mass is 16.5. The van der Waals surface area contributed by atoms with Crippen LogP contribution in [0.15, 0.2) is 24.3 Å². The quantitative estimate of drug-likeness (QED) is 0.698. The first-order valence-corrected chi connectivity index (χ1v) is 4.89. The summed E-state index contributed by atoms with van der Waals surface area (Å²) in [6, 6.07) is 7.12. The predicted octanol–water partition coefficient (Wildman–Crippen LogP) is 0.570. The average Bonchev–Trinajstić information content (AvgIpc) is 2.16. The number of nitrogen functional groups attached to an aromatic ring is 1. The fourth-order valence-corrected chi connectivity index (χ4v) is 1.23. The highest BCUT2D eigenvalue weighted by Gasteiger charge is 2.06. The molecule has 0 radical (unpaired) electrons. The molecule has 0 aliphatic carbocycles. The Bertz CT molecular complexity index is 285. The maximum atomic E-state index is 9.54. The van der Waals surface area contributed by atoms with E-state index in [1.54, 1.807) is 24.3 Å². The third-order valence-electron chi connectivity index (χ3n) is 1.90. The molecule has 3 N–H and O–H groups in total. The molecule has 1 rings (SSSR count). The van der Waals surface area contributed by atoms with Gasteiger partial charge >= 0.3 is 0 Å². The van der Waals surface area contributed by atoms with E-state index in [-0.39, 0.29) is 0 Å². The molecule has 0 unspecified atom stereocenters. The van der Waals surface area contributed by atoms with Crippen LogP contribution in [-0.4, -0.2) is 43.4 Å². The Kier molecular flexibility index (Phi) is 4.39. The summed E-state index contributed by atoms with van der Waals surface area (Å²) in [4.78, 5) is 1.91. The summed E-state index contributed by atoms with van der Waals surface area (Å²) in [6.45, 7) is 0.886. The number of rotatable bonds is 5. The molecule has 4 nitrogen and oxygen atoms in total. The van der Waals surface area contributed by atoms with Crippen molar-refractivity contribution in [2.24, 2.45) is 0 Å². The van der Waals surface area contributed by atoms with Crippen LogP contribution in [0.25, 0.3) is 0 Å². The molecule has 1 atom stereocenters. The van der Waals surface area contributed by atoms with Crippen LogP contribution in [0, 0.1) is 0 Å². The van der Waals surface area contributed by atoms with Crippen LogP contribution >= 0.6 is 0 Å². The van der Waals surface area contributed by atoms with E-state index in [0.717, 1.165) is 5.75 Å². The van der Waals surface area contributed by atoms with E-state index < -0.39 is 6.10 Å². The van der Waals surface area contributed by atoms with Crippen molar-refractivity contribution >= 4 is 5.69 Å². The Morgan fingerprint density at radius 1 is 1.33 bits per heavy atom. The van der Waals surface area contributed by atoms with Gasteiger partial charge in [0.05, 0.1) is 0 Å². The summed E-state index contributed by atoms with van der Waals surface area (Å²) in [7, 11) is 3.82. The number of ether oxygens (including phenoxy) is 1. The third kappa shape index (κ3) is 4.67. The molecule has 0 heterocycles. The van der Waals surface area contributed by atoms with Crippen LogP contribution in [0.2, 0.25) is 0 Å². The van der Waals surface area contributed by atoms with Crippen LogP contribution in [0.5, 0.6) is 5.75 Å². The van der Waals surface area contributed by atoms with Gasteiger partial charge in [-0.1, -0.05) is 0 Å². The van der Waals surface area contributed by atoms with Gasteiger partial charge in [-0.25, -0.2) is 0 Å². The number of aliphatic hydroxyl groups is 1. The van der Waals surface area contributed by atoms with E-state index in [2.05, 4.69) is 0 Å². The van der Waals surface area contributed by atoms with Crippen LogP contribution in [-0.2, 0) is 0 Å². The van der Waals surface area contributed by atoms with Crippen LogP contribution in [0.1, 0.15) is 0 Å². The molecule has 0 aliphatic heterocycles. The van der Waals surface area contributed by atoms with E-state index in [1.165, 1.54) is 0 Å². The van der Waals surface area contributed by atoms with Crippen LogP contribution < -0.4 is 10.5 Å². The predicted molar refractivity (Wildman–Crippen MR) is 60.9 cm³/mol. The fraction of sp³-hybridized carbons (Fsp3) is 0.455. The molecule has 1 aromatic rings. The second kappa shape index (κ2) is 5.58. The van der Waals surface area contributed by atoms with E-state index >= 15 is 0 Å². The van der Waals surface area contributed by atoms with Crippen molar-refractivity contribution in [1.82, 2.24) is 4.90 Å². The van der Waals surface area contributed by atoms with Crippen molar-refractivity contribution < 1.29 is 9.84 Å². The molecule has 0 spiro atoms. The molecular formula is C11H18N2O2. The minimum atomic E-state index is -0.474. The molecule has 84 valence electrons. The summed E-state index contributed by atoms with van der Waals surface area (Å²) in [5.41, 5.74) is 6.24. The van der Waals surface area contributed by atoms with E-state index in [1.807, 2.05) is 19.0 Å². The molecule has 4 heteroatoms. The number of nitrogens with zero attached hydrogens (tertiary/aromatic N) is 1. The van der Waals surface area contributed by atoms with E-state index in [4.69, 9.17) is 10.5 Å². The van der Waals surface area contributed by atoms with Crippen molar-refractivity contribution in [2.45, 2.75) is 6.10 Å². The first-order valence-electron chi connectivity index (χ1n) is 4.89. The summed E-state index contributed by atoms with van der Waals surface area (Å²) < 4.78 is 5.39. The maximum Gasteiger partial charge on any atom is 0.119 e. The lowest BCUT2D eigenvalue weighted by atomic mass is 10.3. The van der Waals surface area contributed by atoms with Crippen LogP contribution in [0.4, 0.5) is 5.69 Å². The number of aliphatic hydroxyl groups excluding tert-OH is 1. The van der Waals surface area contributed by atoms with Gasteiger partial charge in [0.25, 0.3) is 0 Å². The van der Waals surface area contributed by atoms with Crippen LogP contribution in [0.3, 0.4) is 0 Å². The lowest BCUT2D eigenvalue weighted by Gasteiger charge is -2.16. The Morgan fingerprint density at radius 2 is 1.93 bits per heavy atom. The van der Waals surface area contributed by atoms with E-state index in [0.29, 0.717) is 18.8 Å². The van der Waals surface area contributed by atoms with Crippen molar-refractivity contribution in [1.29, 1.82) is 0 Å². The molecule has 0 saturated heterocycles. The third-order valence-corrected chi connectivity index (χ3v) is 1.90. The van der Waals surface area contributed by atoms with Crippen molar-refractivity contribution in [2.75, 3.05) is 33.0 Å². The van der Waals surface area contributed by atoms with Gasteiger partial charge in [0.2, 0.25) is 0 Å². The van der Waals surface area contributed by atoms with E-state index in [9.17, 15) is 5.11 Å². The molecule has 1 aromatic carbocycles. The largest absolute Gasteiger partial charge is 0.491 e. The Labute approximate surface area is 90.3 Å². The highest BCUT2D eigenvalue weighted by molar-refractivity contribution is 5.41. The second-order valence-electron chi connectivity index (χ2n) is 3.80. The van der Waals surface area contributed by atoms with Crippen molar-refractivity contribution in [3.63, 3.8) is 0 Å². The molecule has 0 bridgehead atoms. The van der Waals surface area contributed by atoms with Gasteiger partial charge in [0, 0.05) is 12.2 Å². The standard InChI is InChI=1S/C11H18N2O2/c1-13(2)7-10(14)8-15-11-5-3-9(12)4-6-11/h3-6,10,14H,7-8,12H2,1-2H3/t10-/m1/s1. The lowest BCUT2D eigenvalue weighted by Crippen LogP contribution is -2.30. The zero-order chi connectivity index (χ0) is 11.3. The molecule has 15 heavy (non-hydrogen) atoms. The number of benzene rings is 1. The second-order valence-corrected chi connectivity index (χ2v) is 3.80. The summed E-state index contributed by atoms with van der Waals surface area (Å²) in [5.74, 6) is 0.724. The summed E-state index contributed by atoms with van der Waals surface area (Å²) >= 11 is 0. The monoisotopic (exact) mass is 210 g/mol. The zero-order valence-corrected chi connectivity index (χ0v) is 9.18. The van der Waals surface area contributed by atoms with Gasteiger partial charge in [0.1, 0.15) is 18.5 Å². The SMILES string of the molecule is CN(C)C[C@@H](O)COc1ccc(N)cc1. The average molecular weight is 210 g/mol. The van der Waals surface area contributed by atoms with Crippen molar-refractivity contribution in [3.8, 4) is 5.75 Å². The number of hydrogen-bond donors (Lipinski definition) is 2. The number of hydrogen-bond acceptors (Lipinski definition) is 4. The van der Waals surface area contributed by atoms with Gasteiger partial charge in [-0.05, 0) is 38.4 Å². The minimum Gasteiger partial charge on any atom is -0.491 e. The molecule has 0 aliphatic rings. The lowest BCUT2D eigenvalue weighted by molar-refractivity contribution is 0.0831. The number of nitrogens with two attached hydrogens (primary N) is 1. The molecule has 0 aromatic heterocycles. The molecule has 0 fully saturated rings. The van der Waals surface area contributed by atoms with Gasteiger partial charge in [-0.15, -0.1) is 0 Å². The molecular weight excluding hydrogens is 192 g/mol. The van der Waals surface area contributed by atoms with Gasteiger partial charge in [0.15, 0.2) is 0 Å². The molecule has 0 amide bonds. The number of anilines is 1. The van der Waals surface area contributed by atoms with Gasteiger partial charge in [-0.3, -0.25) is 0 Å². The first-order chi connectivity index (χ1) is 7.08.